The van der Waals surface area contributed by atoms with E-state index in [1.807, 2.05) is 84.6 Å². The Bertz CT molecular complexity index is 1260. The van der Waals surface area contributed by atoms with Crippen LogP contribution in [-0.4, -0.2) is 34.7 Å². The van der Waals surface area contributed by atoms with Crippen LogP contribution < -0.4 is 4.74 Å². The summed E-state index contributed by atoms with van der Waals surface area (Å²) in [4.78, 5) is 15.2. The summed E-state index contributed by atoms with van der Waals surface area (Å²) in [6, 6.07) is 23.4. The molecule has 0 N–H and O–H groups in total. The summed E-state index contributed by atoms with van der Waals surface area (Å²) >= 11 is 0. The molecule has 0 spiro atoms. The minimum absolute atomic E-state index is 0.0332. The number of hydrogen-bond acceptors (Lipinski definition) is 5. The third kappa shape index (κ3) is 4.24. The number of benzene rings is 3. The van der Waals surface area contributed by atoms with Crippen LogP contribution in [-0.2, 0) is 0 Å². The van der Waals surface area contributed by atoms with Crippen LogP contribution >= 0.6 is 0 Å². The Kier molecular flexibility index (Phi) is 5.65. The standard InChI is InChI=1S/C27H25N3O3/c1-18-5-3-6-22(17-18)26-29-28-25(33-26)20-8-10-21(11-9-20)27(31)30-16-4-7-24(30)19-12-14-23(32-2)15-13-19/h3,5-6,8-15,17,24H,4,7,16H2,1-2H3. The first kappa shape index (κ1) is 20.9. The molecule has 1 unspecified atom stereocenters. The van der Waals surface area contributed by atoms with Gasteiger partial charge in [0, 0.05) is 23.2 Å². The van der Waals surface area contributed by atoms with Crippen molar-refractivity contribution < 1.29 is 13.9 Å². The van der Waals surface area contributed by atoms with Gasteiger partial charge in [-0.2, -0.15) is 0 Å². The second-order valence-electron chi connectivity index (χ2n) is 8.29. The molecular formula is C27H25N3O3. The van der Waals surface area contributed by atoms with E-state index < -0.39 is 0 Å². The Labute approximate surface area is 192 Å². The average Bonchev–Trinajstić information content (AvgIpc) is 3.54. The molecule has 3 aromatic carbocycles. The van der Waals surface area contributed by atoms with Gasteiger partial charge in [-0.05, 0) is 73.9 Å². The summed E-state index contributed by atoms with van der Waals surface area (Å²) in [5.41, 5.74) is 4.58. The second-order valence-corrected chi connectivity index (χ2v) is 8.29. The van der Waals surface area contributed by atoms with Crippen molar-refractivity contribution in [3.05, 3.63) is 89.5 Å². The number of hydrogen-bond donors (Lipinski definition) is 0. The highest BCUT2D eigenvalue weighted by Gasteiger charge is 2.30. The first-order valence-electron chi connectivity index (χ1n) is 11.1. The van der Waals surface area contributed by atoms with Gasteiger partial charge in [-0.25, -0.2) is 0 Å². The number of methoxy groups -OCH3 is 1. The molecule has 1 aliphatic rings. The maximum Gasteiger partial charge on any atom is 0.254 e. The summed E-state index contributed by atoms with van der Waals surface area (Å²) in [6.07, 6.45) is 1.95. The van der Waals surface area contributed by atoms with Crippen LogP contribution in [0.25, 0.3) is 22.9 Å². The molecule has 1 amide bonds. The SMILES string of the molecule is COc1ccc(C2CCCN2C(=O)c2ccc(-c3nnc(-c4cccc(C)c4)o3)cc2)cc1. The molecule has 0 saturated carbocycles. The zero-order valence-corrected chi connectivity index (χ0v) is 18.7. The Balaban J connectivity index is 1.33. The van der Waals surface area contributed by atoms with E-state index in [0.717, 1.165) is 47.4 Å². The first-order chi connectivity index (χ1) is 16.1. The van der Waals surface area contributed by atoms with E-state index in [0.29, 0.717) is 17.3 Å². The van der Waals surface area contributed by atoms with Crippen LogP contribution in [0.15, 0.2) is 77.2 Å². The fourth-order valence-corrected chi connectivity index (χ4v) is 4.34. The van der Waals surface area contributed by atoms with E-state index in [1.165, 1.54) is 0 Å². The highest BCUT2D eigenvalue weighted by atomic mass is 16.5. The normalized spacial score (nSPS) is 15.6. The van der Waals surface area contributed by atoms with Crippen molar-refractivity contribution in [1.29, 1.82) is 0 Å². The van der Waals surface area contributed by atoms with Gasteiger partial charge >= 0.3 is 0 Å². The predicted molar refractivity (Wildman–Crippen MR) is 126 cm³/mol. The topological polar surface area (TPSA) is 68.5 Å². The van der Waals surface area contributed by atoms with Crippen molar-refractivity contribution >= 4 is 5.91 Å². The number of nitrogens with zero attached hydrogens (tertiary/aromatic N) is 3. The Morgan fingerprint density at radius 1 is 0.970 bits per heavy atom. The molecule has 5 rings (SSSR count). The summed E-state index contributed by atoms with van der Waals surface area (Å²) in [6.45, 7) is 2.77. The lowest BCUT2D eigenvalue weighted by Crippen LogP contribution is -2.30. The van der Waals surface area contributed by atoms with Gasteiger partial charge in [0.25, 0.3) is 5.91 Å². The number of likely N-dealkylation sites (tertiary alicyclic amines) is 1. The molecule has 33 heavy (non-hydrogen) atoms. The maximum atomic E-state index is 13.3. The molecule has 1 fully saturated rings. The molecule has 0 aliphatic carbocycles. The third-order valence-electron chi connectivity index (χ3n) is 6.08. The molecule has 1 aromatic heterocycles. The predicted octanol–water partition coefficient (Wildman–Crippen LogP) is 5.70. The summed E-state index contributed by atoms with van der Waals surface area (Å²) in [7, 11) is 1.65. The van der Waals surface area contributed by atoms with Crippen LogP contribution in [0.4, 0.5) is 0 Å². The van der Waals surface area contributed by atoms with E-state index in [4.69, 9.17) is 9.15 Å². The molecule has 6 nitrogen and oxygen atoms in total. The van der Waals surface area contributed by atoms with E-state index in [-0.39, 0.29) is 11.9 Å². The van der Waals surface area contributed by atoms with Gasteiger partial charge in [0.2, 0.25) is 11.8 Å². The first-order valence-corrected chi connectivity index (χ1v) is 11.1. The number of amides is 1. The van der Waals surface area contributed by atoms with Gasteiger partial charge in [-0.1, -0.05) is 29.8 Å². The second kappa shape index (κ2) is 8.90. The van der Waals surface area contributed by atoms with Crippen LogP contribution in [0.3, 0.4) is 0 Å². The van der Waals surface area contributed by atoms with Gasteiger partial charge in [-0.3, -0.25) is 4.79 Å². The quantitative estimate of drug-likeness (QED) is 0.399. The Morgan fingerprint density at radius 3 is 2.39 bits per heavy atom. The highest BCUT2D eigenvalue weighted by Crippen LogP contribution is 2.34. The molecule has 1 atom stereocenters. The summed E-state index contributed by atoms with van der Waals surface area (Å²) in [5.74, 6) is 1.76. The van der Waals surface area contributed by atoms with Crippen LogP contribution in [0, 0.1) is 6.92 Å². The molecule has 0 bridgehead atoms. The number of aryl methyl sites for hydroxylation is 1. The van der Waals surface area contributed by atoms with Crippen molar-refractivity contribution in [2.75, 3.05) is 13.7 Å². The van der Waals surface area contributed by atoms with Crippen molar-refractivity contribution in [2.45, 2.75) is 25.8 Å². The van der Waals surface area contributed by atoms with Crippen molar-refractivity contribution in [3.63, 3.8) is 0 Å². The fraction of sp³-hybridized carbons (Fsp3) is 0.222. The van der Waals surface area contributed by atoms with E-state index in [9.17, 15) is 4.79 Å². The van der Waals surface area contributed by atoms with Gasteiger partial charge < -0.3 is 14.1 Å². The lowest BCUT2D eigenvalue weighted by atomic mass is 10.0. The largest absolute Gasteiger partial charge is 0.497 e. The molecule has 2 heterocycles. The van der Waals surface area contributed by atoms with Crippen LogP contribution in [0.2, 0.25) is 0 Å². The van der Waals surface area contributed by atoms with E-state index in [2.05, 4.69) is 10.2 Å². The monoisotopic (exact) mass is 439 g/mol. The number of aromatic nitrogens is 2. The number of rotatable bonds is 5. The fourth-order valence-electron chi connectivity index (χ4n) is 4.34. The minimum atomic E-state index is 0.0332. The summed E-state index contributed by atoms with van der Waals surface area (Å²) < 4.78 is 11.1. The zero-order chi connectivity index (χ0) is 22.8. The Hall–Kier alpha value is -3.93. The third-order valence-corrected chi connectivity index (χ3v) is 6.08. The molecule has 1 aliphatic heterocycles. The zero-order valence-electron chi connectivity index (χ0n) is 18.7. The van der Waals surface area contributed by atoms with Gasteiger partial charge in [0.15, 0.2) is 0 Å². The maximum absolute atomic E-state index is 13.3. The average molecular weight is 440 g/mol. The van der Waals surface area contributed by atoms with Crippen molar-refractivity contribution in [1.82, 2.24) is 15.1 Å². The number of carbonyl (C=O) groups excluding carboxylic acids is 1. The molecule has 0 radical (unpaired) electrons. The molecular weight excluding hydrogens is 414 g/mol. The Morgan fingerprint density at radius 2 is 1.70 bits per heavy atom. The smallest absolute Gasteiger partial charge is 0.254 e. The highest BCUT2D eigenvalue weighted by molar-refractivity contribution is 5.95. The summed E-state index contributed by atoms with van der Waals surface area (Å²) in [5, 5.41) is 8.37. The number of ether oxygens (including phenoxy) is 1. The van der Waals surface area contributed by atoms with E-state index in [1.54, 1.807) is 7.11 Å². The molecule has 4 aromatic rings. The lowest BCUT2D eigenvalue weighted by Gasteiger charge is -2.25. The van der Waals surface area contributed by atoms with Gasteiger partial charge in [0.05, 0.1) is 13.2 Å². The van der Waals surface area contributed by atoms with Crippen molar-refractivity contribution in [2.24, 2.45) is 0 Å². The molecule has 6 heteroatoms. The lowest BCUT2D eigenvalue weighted by molar-refractivity contribution is 0.0735. The van der Waals surface area contributed by atoms with Gasteiger partial charge in [-0.15, -0.1) is 10.2 Å². The molecule has 1 saturated heterocycles. The van der Waals surface area contributed by atoms with Gasteiger partial charge in [0.1, 0.15) is 5.75 Å². The van der Waals surface area contributed by atoms with Crippen LogP contribution in [0.5, 0.6) is 5.75 Å². The van der Waals surface area contributed by atoms with Crippen LogP contribution in [0.1, 0.15) is 40.4 Å². The number of carbonyl (C=O) groups is 1. The van der Waals surface area contributed by atoms with E-state index >= 15 is 0 Å². The minimum Gasteiger partial charge on any atom is -0.497 e. The molecule has 166 valence electrons. The van der Waals surface area contributed by atoms with Crippen molar-refractivity contribution in [3.8, 4) is 28.7 Å².